The van der Waals surface area contributed by atoms with E-state index < -0.39 is 6.10 Å². The summed E-state index contributed by atoms with van der Waals surface area (Å²) in [7, 11) is 0. The number of aliphatic hydroxyl groups is 1. The summed E-state index contributed by atoms with van der Waals surface area (Å²) in [6.07, 6.45) is 0.258. The van der Waals surface area contributed by atoms with Crippen molar-refractivity contribution in [3.8, 4) is 0 Å². The summed E-state index contributed by atoms with van der Waals surface area (Å²) in [5.41, 5.74) is 0.662. The lowest BCUT2D eigenvalue weighted by Gasteiger charge is -2.17. The first-order valence-corrected chi connectivity index (χ1v) is 7.05. The van der Waals surface area contributed by atoms with Gasteiger partial charge in [-0.05, 0) is 38.0 Å². The lowest BCUT2D eigenvalue weighted by atomic mass is 10.1. The number of halogens is 1. The molecule has 0 aromatic heterocycles. The van der Waals surface area contributed by atoms with Crippen LogP contribution in [0.5, 0.6) is 0 Å². The monoisotopic (exact) mass is 281 g/mol. The van der Waals surface area contributed by atoms with E-state index >= 15 is 0 Å². The summed E-state index contributed by atoms with van der Waals surface area (Å²) in [5.74, 6) is 0.374. The molecule has 0 fully saturated rings. The van der Waals surface area contributed by atoms with Crippen LogP contribution in [0.4, 0.5) is 4.39 Å². The van der Waals surface area contributed by atoms with Crippen molar-refractivity contribution in [1.82, 2.24) is 10.6 Å². The maximum Gasteiger partial charge on any atom is 0.191 e. The molecule has 0 spiro atoms. The van der Waals surface area contributed by atoms with E-state index in [1.54, 1.807) is 12.1 Å². The van der Waals surface area contributed by atoms with E-state index in [4.69, 9.17) is 0 Å². The number of nitrogens with zero attached hydrogens (tertiary/aromatic N) is 1. The third kappa shape index (κ3) is 5.57. The van der Waals surface area contributed by atoms with E-state index in [1.807, 2.05) is 6.92 Å². The second-order valence-corrected chi connectivity index (χ2v) is 4.74. The normalized spacial score (nSPS) is 14.8. The number of aliphatic imine (C=N–C) groups is 1. The van der Waals surface area contributed by atoms with Crippen molar-refractivity contribution in [3.63, 3.8) is 0 Å². The van der Waals surface area contributed by atoms with Gasteiger partial charge in [-0.15, -0.1) is 0 Å². The molecule has 4 nitrogen and oxygen atoms in total. The van der Waals surface area contributed by atoms with Gasteiger partial charge in [-0.1, -0.05) is 19.1 Å². The van der Waals surface area contributed by atoms with Crippen molar-refractivity contribution in [1.29, 1.82) is 0 Å². The molecule has 0 aliphatic rings. The molecule has 2 atom stereocenters. The van der Waals surface area contributed by atoms with Crippen LogP contribution in [0.3, 0.4) is 0 Å². The van der Waals surface area contributed by atoms with Crippen LogP contribution in [-0.4, -0.2) is 30.2 Å². The number of hydrogen-bond acceptors (Lipinski definition) is 2. The van der Waals surface area contributed by atoms with E-state index in [2.05, 4.69) is 29.5 Å². The zero-order valence-electron chi connectivity index (χ0n) is 12.4. The van der Waals surface area contributed by atoms with E-state index in [-0.39, 0.29) is 12.4 Å². The molecule has 1 aromatic rings. The Hall–Kier alpha value is -1.62. The zero-order valence-corrected chi connectivity index (χ0v) is 12.4. The summed E-state index contributed by atoms with van der Waals surface area (Å²) in [5, 5.41) is 16.4. The fourth-order valence-electron chi connectivity index (χ4n) is 1.62. The highest BCUT2D eigenvalue weighted by atomic mass is 19.1. The van der Waals surface area contributed by atoms with Gasteiger partial charge in [0.2, 0.25) is 0 Å². The number of hydrogen-bond donors (Lipinski definition) is 3. The van der Waals surface area contributed by atoms with Crippen LogP contribution in [0.15, 0.2) is 29.3 Å². The highest BCUT2D eigenvalue weighted by Crippen LogP contribution is 2.13. The molecule has 0 saturated heterocycles. The maximum absolute atomic E-state index is 12.8. The third-order valence-electron chi connectivity index (χ3n) is 3.02. The minimum atomic E-state index is -0.733. The van der Waals surface area contributed by atoms with Gasteiger partial charge in [0.05, 0.1) is 12.6 Å². The third-order valence-corrected chi connectivity index (χ3v) is 3.02. The van der Waals surface area contributed by atoms with Crippen LogP contribution in [0, 0.1) is 5.82 Å². The highest BCUT2D eigenvalue weighted by Gasteiger charge is 2.08. The SMILES string of the molecule is CCNC(=NCC(O)c1ccc(F)cc1)NC(C)CC. The summed E-state index contributed by atoms with van der Waals surface area (Å²) in [6.45, 7) is 7.15. The van der Waals surface area contributed by atoms with Gasteiger partial charge < -0.3 is 15.7 Å². The van der Waals surface area contributed by atoms with E-state index in [1.165, 1.54) is 12.1 Å². The summed E-state index contributed by atoms with van der Waals surface area (Å²) in [6, 6.07) is 6.14. The quantitative estimate of drug-likeness (QED) is 0.553. The Morgan fingerprint density at radius 2 is 1.95 bits per heavy atom. The Morgan fingerprint density at radius 3 is 2.50 bits per heavy atom. The van der Waals surface area contributed by atoms with Crippen molar-refractivity contribution in [3.05, 3.63) is 35.6 Å². The van der Waals surface area contributed by atoms with Crippen molar-refractivity contribution < 1.29 is 9.50 Å². The zero-order chi connectivity index (χ0) is 15.0. The summed E-state index contributed by atoms with van der Waals surface area (Å²) >= 11 is 0. The van der Waals surface area contributed by atoms with Crippen LogP contribution < -0.4 is 10.6 Å². The van der Waals surface area contributed by atoms with Gasteiger partial charge >= 0.3 is 0 Å². The topological polar surface area (TPSA) is 56.7 Å². The van der Waals surface area contributed by atoms with Gasteiger partial charge in [-0.25, -0.2) is 4.39 Å². The average Bonchev–Trinajstić information content (AvgIpc) is 2.45. The number of aliphatic hydroxyl groups excluding tert-OH is 1. The van der Waals surface area contributed by atoms with Crippen molar-refractivity contribution >= 4 is 5.96 Å². The molecule has 0 bridgehead atoms. The number of nitrogens with one attached hydrogen (secondary N) is 2. The minimum absolute atomic E-state index is 0.234. The Balaban J connectivity index is 2.63. The van der Waals surface area contributed by atoms with E-state index in [9.17, 15) is 9.50 Å². The maximum atomic E-state index is 12.8. The lowest BCUT2D eigenvalue weighted by molar-refractivity contribution is 0.187. The predicted molar refractivity (Wildman–Crippen MR) is 80.2 cm³/mol. The van der Waals surface area contributed by atoms with Gasteiger partial charge in [0.15, 0.2) is 5.96 Å². The standard InChI is InChI=1S/C15H24FN3O/c1-4-11(3)19-15(17-5-2)18-10-14(20)12-6-8-13(16)9-7-12/h6-9,11,14,20H,4-5,10H2,1-3H3,(H2,17,18,19). The van der Waals surface area contributed by atoms with Crippen LogP contribution in [0.25, 0.3) is 0 Å². The molecule has 5 heteroatoms. The summed E-state index contributed by atoms with van der Waals surface area (Å²) < 4.78 is 12.8. The first kappa shape index (κ1) is 16.4. The van der Waals surface area contributed by atoms with E-state index in [0.717, 1.165) is 13.0 Å². The van der Waals surface area contributed by atoms with Crippen molar-refractivity contribution in [2.75, 3.05) is 13.1 Å². The smallest absolute Gasteiger partial charge is 0.191 e. The molecule has 0 saturated carbocycles. The number of rotatable bonds is 6. The Bertz CT molecular complexity index is 420. The first-order chi connectivity index (χ1) is 9.56. The molecule has 0 aliphatic heterocycles. The first-order valence-electron chi connectivity index (χ1n) is 7.05. The van der Waals surface area contributed by atoms with Gasteiger partial charge in [-0.2, -0.15) is 0 Å². The molecule has 20 heavy (non-hydrogen) atoms. The summed E-state index contributed by atoms with van der Waals surface area (Å²) in [4.78, 5) is 4.35. The van der Waals surface area contributed by atoms with Crippen LogP contribution in [0.1, 0.15) is 38.9 Å². The van der Waals surface area contributed by atoms with Gasteiger partial charge in [-0.3, -0.25) is 4.99 Å². The largest absolute Gasteiger partial charge is 0.386 e. The Labute approximate surface area is 120 Å². The van der Waals surface area contributed by atoms with Crippen LogP contribution >= 0.6 is 0 Å². The molecule has 112 valence electrons. The fraction of sp³-hybridized carbons (Fsp3) is 0.533. The molecule has 1 rings (SSSR count). The molecule has 3 N–H and O–H groups in total. The Kier molecular flexibility index (Phi) is 7.01. The molecule has 2 unspecified atom stereocenters. The second-order valence-electron chi connectivity index (χ2n) is 4.74. The molecular weight excluding hydrogens is 257 g/mol. The Morgan fingerprint density at radius 1 is 1.30 bits per heavy atom. The minimum Gasteiger partial charge on any atom is -0.386 e. The molecule has 0 amide bonds. The molecule has 0 heterocycles. The van der Waals surface area contributed by atoms with E-state index in [0.29, 0.717) is 17.6 Å². The average molecular weight is 281 g/mol. The molecule has 1 aromatic carbocycles. The van der Waals surface area contributed by atoms with Gasteiger partial charge in [0.25, 0.3) is 0 Å². The van der Waals surface area contributed by atoms with Crippen LogP contribution in [-0.2, 0) is 0 Å². The molecule has 0 radical (unpaired) electrons. The van der Waals surface area contributed by atoms with Gasteiger partial charge in [0.1, 0.15) is 5.82 Å². The van der Waals surface area contributed by atoms with Crippen LogP contribution in [0.2, 0.25) is 0 Å². The lowest BCUT2D eigenvalue weighted by Crippen LogP contribution is -2.42. The molecular formula is C15H24FN3O. The predicted octanol–water partition coefficient (Wildman–Crippen LogP) is 2.21. The van der Waals surface area contributed by atoms with Gasteiger partial charge in [0, 0.05) is 12.6 Å². The fourth-order valence-corrected chi connectivity index (χ4v) is 1.62. The van der Waals surface area contributed by atoms with Crippen molar-refractivity contribution in [2.45, 2.75) is 39.3 Å². The second kappa shape index (κ2) is 8.53. The number of benzene rings is 1. The highest BCUT2D eigenvalue weighted by molar-refractivity contribution is 5.80. The number of guanidine groups is 1. The molecule has 0 aliphatic carbocycles. The van der Waals surface area contributed by atoms with Crippen molar-refractivity contribution in [2.24, 2.45) is 4.99 Å².